The molecule has 2 N–H and O–H groups in total. The van der Waals surface area contributed by atoms with Gasteiger partial charge in [-0.05, 0) is 29.8 Å². The van der Waals surface area contributed by atoms with Crippen LogP contribution in [0.3, 0.4) is 0 Å². The van der Waals surface area contributed by atoms with Crippen molar-refractivity contribution in [1.82, 2.24) is 9.97 Å². The second kappa shape index (κ2) is 3.82. The summed E-state index contributed by atoms with van der Waals surface area (Å²) in [7, 11) is 0. The highest BCUT2D eigenvalue weighted by atomic mass is 19.1. The van der Waals surface area contributed by atoms with E-state index >= 15 is 0 Å². The first-order chi connectivity index (χ1) is 9.29. The maximum atomic E-state index is 13.2. The third-order valence-corrected chi connectivity index (χ3v) is 3.56. The predicted molar refractivity (Wildman–Crippen MR) is 72.6 cm³/mol. The molecule has 2 aromatic carbocycles. The van der Waals surface area contributed by atoms with Crippen LogP contribution in [0.15, 0.2) is 42.5 Å². The molecule has 0 bridgehead atoms. The van der Waals surface area contributed by atoms with Crippen LogP contribution >= 0.6 is 0 Å². The van der Waals surface area contributed by atoms with Crippen LogP contribution in [0, 0.1) is 5.82 Å². The fourth-order valence-corrected chi connectivity index (χ4v) is 2.63. The summed E-state index contributed by atoms with van der Waals surface area (Å²) < 4.78 is 13.2. The average molecular weight is 253 g/mol. The van der Waals surface area contributed by atoms with E-state index in [0.717, 1.165) is 29.0 Å². The van der Waals surface area contributed by atoms with Gasteiger partial charge in [0, 0.05) is 12.1 Å². The number of anilines is 1. The highest BCUT2D eigenvalue weighted by Gasteiger charge is 2.24. The van der Waals surface area contributed by atoms with Gasteiger partial charge in [-0.1, -0.05) is 18.2 Å². The molecule has 94 valence electrons. The van der Waals surface area contributed by atoms with Gasteiger partial charge in [-0.25, -0.2) is 9.37 Å². The molecule has 1 aliphatic rings. The highest BCUT2D eigenvalue weighted by molar-refractivity contribution is 5.75. The van der Waals surface area contributed by atoms with Gasteiger partial charge in [0.25, 0.3) is 0 Å². The lowest BCUT2D eigenvalue weighted by molar-refractivity contribution is 0.629. The molecule has 4 rings (SSSR count). The lowest BCUT2D eigenvalue weighted by Crippen LogP contribution is -2.07. The van der Waals surface area contributed by atoms with Crippen molar-refractivity contribution in [3.8, 4) is 0 Å². The molecule has 19 heavy (non-hydrogen) atoms. The Morgan fingerprint density at radius 1 is 1.16 bits per heavy atom. The molecule has 1 aromatic heterocycles. The Morgan fingerprint density at radius 2 is 2.05 bits per heavy atom. The molecule has 4 heteroatoms. The number of imidazole rings is 1. The van der Waals surface area contributed by atoms with Gasteiger partial charge in [-0.15, -0.1) is 0 Å². The van der Waals surface area contributed by atoms with Crippen molar-refractivity contribution in [3.05, 3.63) is 59.7 Å². The lowest BCUT2D eigenvalue weighted by Gasteiger charge is -2.06. The first-order valence-corrected chi connectivity index (χ1v) is 6.29. The SMILES string of the molecule is Fc1ccc2nc(C3Cc4ccccc4N3)[nH]c2c1. The van der Waals surface area contributed by atoms with Gasteiger partial charge in [-0.2, -0.15) is 0 Å². The summed E-state index contributed by atoms with van der Waals surface area (Å²) in [5.74, 6) is 0.613. The second-order valence-corrected chi connectivity index (χ2v) is 4.84. The fraction of sp³-hybridized carbons (Fsp3) is 0.133. The van der Waals surface area contributed by atoms with Crippen molar-refractivity contribution in [2.75, 3.05) is 5.32 Å². The molecule has 0 amide bonds. The molecule has 0 spiro atoms. The number of nitrogens with one attached hydrogen (secondary N) is 2. The molecular formula is C15H12FN3. The van der Waals surface area contributed by atoms with E-state index in [1.165, 1.54) is 17.7 Å². The van der Waals surface area contributed by atoms with E-state index < -0.39 is 0 Å². The summed E-state index contributed by atoms with van der Waals surface area (Å²) in [6.07, 6.45) is 0.901. The van der Waals surface area contributed by atoms with Gasteiger partial charge in [0.2, 0.25) is 0 Å². The fourth-order valence-electron chi connectivity index (χ4n) is 2.63. The number of aromatic amines is 1. The van der Waals surface area contributed by atoms with Crippen molar-refractivity contribution in [2.24, 2.45) is 0 Å². The normalized spacial score (nSPS) is 17.4. The summed E-state index contributed by atoms with van der Waals surface area (Å²) in [6.45, 7) is 0. The molecule has 2 heterocycles. The van der Waals surface area contributed by atoms with Crippen molar-refractivity contribution < 1.29 is 4.39 Å². The maximum Gasteiger partial charge on any atom is 0.130 e. The van der Waals surface area contributed by atoms with Crippen LogP contribution in [-0.4, -0.2) is 9.97 Å². The summed E-state index contributed by atoms with van der Waals surface area (Å²) in [4.78, 5) is 7.73. The van der Waals surface area contributed by atoms with Gasteiger partial charge < -0.3 is 10.3 Å². The van der Waals surface area contributed by atoms with E-state index in [1.54, 1.807) is 6.07 Å². The van der Waals surface area contributed by atoms with Crippen LogP contribution in [0.2, 0.25) is 0 Å². The molecule has 3 aromatic rings. The number of halogens is 1. The molecule has 1 atom stereocenters. The van der Waals surface area contributed by atoms with Gasteiger partial charge in [-0.3, -0.25) is 0 Å². The minimum Gasteiger partial charge on any atom is -0.375 e. The molecule has 0 saturated heterocycles. The standard InChI is InChI=1S/C15H12FN3/c16-10-5-6-12-13(8-10)19-15(18-12)14-7-9-3-1-2-4-11(9)17-14/h1-6,8,14,17H,7H2,(H,18,19). The number of hydrogen-bond acceptors (Lipinski definition) is 2. The Labute approximate surface area is 109 Å². The molecule has 0 saturated carbocycles. The third-order valence-electron chi connectivity index (χ3n) is 3.56. The number of aromatic nitrogens is 2. The van der Waals surface area contributed by atoms with E-state index in [-0.39, 0.29) is 11.9 Å². The number of para-hydroxylation sites is 1. The van der Waals surface area contributed by atoms with Gasteiger partial charge in [0.05, 0.1) is 17.1 Å². The molecular weight excluding hydrogens is 241 g/mol. The summed E-state index contributed by atoms with van der Waals surface area (Å²) in [5.41, 5.74) is 3.99. The first kappa shape index (κ1) is 10.6. The highest BCUT2D eigenvalue weighted by Crippen LogP contribution is 2.33. The summed E-state index contributed by atoms with van der Waals surface area (Å²) in [5, 5.41) is 3.44. The monoisotopic (exact) mass is 253 g/mol. The van der Waals surface area contributed by atoms with Gasteiger partial charge in [0.1, 0.15) is 11.6 Å². The summed E-state index contributed by atoms with van der Waals surface area (Å²) >= 11 is 0. The van der Waals surface area contributed by atoms with Crippen molar-refractivity contribution >= 4 is 16.7 Å². The Morgan fingerprint density at radius 3 is 2.95 bits per heavy atom. The Bertz CT molecular complexity index is 738. The maximum absolute atomic E-state index is 13.2. The quantitative estimate of drug-likeness (QED) is 0.697. The lowest BCUT2D eigenvalue weighted by atomic mass is 10.1. The largest absolute Gasteiger partial charge is 0.375 e. The van der Waals surface area contributed by atoms with Gasteiger partial charge >= 0.3 is 0 Å². The smallest absolute Gasteiger partial charge is 0.130 e. The second-order valence-electron chi connectivity index (χ2n) is 4.84. The topological polar surface area (TPSA) is 40.7 Å². The molecule has 0 fully saturated rings. The Balaban J connectivity index is 1.73. The number of fused-ring (bicyclic) bond motifs is 2. The van der Waals surface area contributed by atoms with Crippen LogP contribution in [-0.2, 0) is 6.42 Å². The number of H-pyrrole nitrogens is 1. The molecule has 0 radical (unpaired) electrons. The van der Waals surface area contributed by atoms with Crippen molar-refractivity contribution in [2.45, 2.75) is 12.5 Å². The third kappa shape index (κ3) is 1.68. The van der Waals surface area contributed by atoms with Crippen molar-refractivity contribution in [1.29, 1.82) is 0 Å². The predicted octanol–water partition coefficient (Wildman–Crippen LogP) is 3.41. The number of benzene rings is 2. The van der Waals surface area contributed by atoms with E-state index in [2.05, 4.69) is 27.4 Å². The molecule has 0 aliphatic carbocycles. The van der Waals surface area contributed by atoms with E-state index in [0.29, 0.717) is 0 Å². The summed E-state index contributed by atoms with van der Waals surface area (Å²) in [6, 6.07) is 13.0. The van der Waals surface area contributed by atoms with Crippen LogP contribution < -0.4 is 5.32 Å². The minimum atomic E-state index is -0.245. The van der Waals surface area contributed by atoms with E-state index in [4.69, 9.17) is 0 Å². The molecule has 1 unspecified atom stereocenters. The van der Waals surface area contributed by atoms with Crippen LogP contribution in [0.25, 0.3) is 11.0 Å². The molecule has 1 aliphatic heterocycles. The number of nitrogens with zero attached hydrogens (tertiary/aromatic N) is 1. The van der Waals surface area contributed by atoms with Crippen LogP contribution in [0.5, 0.6) is 0 Å². The van der Waals surface area contributed by atoms with Crippen LogP contribution in [0.4, 0.5) is 10.1 Å². The molecule has 3 nitrogen and oxygen atoms in total. The first-order valence-electron chi connectivity index (χ1n) is 6.29. The van der Waals surface area contributed by atoms with Gasteiger partial charge in [0.15, 0.2) is 0 Å². The average Bonchev–Trinajstić information content (AvgIpc) is 3.00. The van der Waals surface area contributed by atoms with Crippen LogP contribution in [0.1, 0.15) is 17.4 Å². The zero-order chi connectivity index (χ0) is 12.8. The number of hydrogen-bond donors (Lipinski definition) is 2. The Kier molecular flexibility index (Phi) is 2.12. The zero-order valence-electron chi connectivity index (χ0n) is 10.2. The zero-order valence-corrected chi connectivity index (χ0v) is 10.2. The number of rotatable bonds is 1. The van der Waals surface area contributed by atoms with E-state index in [1.807, 2.05) is 12.1 Å². The van der Waals surface area contributed by atoms with E-state index in [9.17, 15) is 4.39 Å². The van der Waals surface area contributed by atoms with Crippen molar-refractivity contribution in [3.63, 3.8) is 0 Å². The Hall–Kier alpha value is -2.36. The minimum absolute atomic E-state index is 0.132.